The summed E-state index contributed by atoms with van der Waals surface area (Å²) in [7, 11) is 0. The molecular formula is C14H9BrClN3O2. The standard InChI is InChI=1S/C14H9BrClN3O2/c15-10-5-8(7-17-14(10)16)18-13(20)6-11-9-3-1-2-4-12(9)21-19-11/h1-5,7H,6H2,(H,18,20). The molecule has 2 heterocycles. The molecule has 0 saturated carbocycles. The Morgan fingerprint density at radius 2 is 2.19 bits per heavy atom. The second-order valence-corrected chi connectivity index (χ2v) is 5.56. The van der Waals surface area contributed by atoms with E-state index in [2.05, 4.69) is 31.4 Å². The summed E-state index contributed by atoms with van der Waals surface area (Å²) in [6, 6.07) is 9.10. The maximum Gasteiger partial charge on any atom is 0.230 e. The Hall–Kier alpha value is -1.92. The van der Waals surface area contributed by atoms with Crippen LogP contribution in [0.3, 0.4) is 0 Å². The topological polar surface area (TPSA) is 68.0 Å². The second-order valence-electron chi connectivity index (χ2n) is 4.35. The lowest BCUT2D eigenvalue weighted by atomic mass is 10.1. The molecule has 1 aromatic carbocycles. The van der Waals surface area contributed by atoms with Crippen molar-refractivity contribution in [2.45, 2.75) is 6.42 Å². The molecule has 0 saturated heterocycles. The van der Waals surface area contributed by atoms with Crippen LogP contribution in [0.25, 0.3) is 11.0 Å². The quantitative estimate of drug-likeness (QED) is 0.716. The number of nitrogens with one attached hydrogen (secondary N) is 1. The van der Waals surface area contributed by atoms with Crippen LogP contribution in [0.5, 0.6) is 0 Å². The summed E-state index contributed by atoms with van der Waals surface area (Å²) in [4.78, 5) is 16.0. The Morgan fingerprint density at radius 3 is 3.00 bits per heavy atom. The van der Waals surface area contributed by atoms with Gasteiger partial charge in [0.15, 0.2) is 5.58 Å². The fourth-order valence-corrected chi connectivity index (χ4v) is 2.36. The van der Waals surface area contributed by atoms with Gasteiger partial charge in [-0.05, 0) is 34.1 Å². The van der Waals surface area contributed by atoms with Crippen molar-refractivity contribution in [2.75, 3.05) is 5.32 Å². The van der Waals surface area contributed by atoms with Crippen LogP contribution >= 0.6 is 27.5 Å². The molecule has 0 bridgehead atoms. The predicted octanol–water partition coefficient (Wildman–Crippen LogP) is 3.82. The molecule has 1 amide bonds. The number of pyridine rings is 1. The number of rotatable bonds is 3. The number of amides is 1. The molecule has 0 atom stereocenters. The van der Waals surface area contributed by atoms with E-state index in [-0.39, 0.29) is 12.3 Å². The number of halogens is 2. The van der Waals surface area contributed by atoms with E-state index >= 15 is 0 Å². The van der Waals surface area contributed by atoms with Gasteiger partial charge in [-0.3, -0.25) is 4.79 Å². The monoisotopic (exact) mass is 365 g/mol. The fourth-order valence-electron chi connectivity index (χ4n) is 1.91. The number of anilines is 1. The minimum Gasteiger partial charge on any atom is -0.356 e. The van der Waals surface area contributed by atoms with E-state index in [0.717, 1.165) is 5.39 Å². The Morgan fingerprint density at radius 1 is 1.38 bits per heavy atom. The van der Waals surface area contributed by atoms with Crippen LogP contribution in [0.4, 0.5) is 5.69 Å². The van der Waals surface area contributed by atoms with Gasteiger partial charge in [0.05, 0.1) is 22.8 Å². The van der Waals surface area contributed by atoms with Crippen molar-refractivity contribution in [3.63, 3.8) is 0 Å². The molecule has 0 aliphatic rings. The van der Waals surface area contributed by atoms with Crippen molar-refractivity contribution in [1.29, 1.82) is 0 Å². The molecule has 5 nitrogen and oxygen atoms in total. The zero-order valence-electron chi connectivity index (χ0n) is 10.6. The van der Waals surface area contributed by atoms with Crippen LogP contribution in [0.1, 0.15) is 5.69 Å². The molecule has 0 unspecified atom stereocenters. The lowest BCUT2D eigenvalue weighted by molar-refractivity contribution is -0.115. The van der Waals surface area contributed by atoms with Gasteiger partial charge in [-0.1, -0.05) is 28.9 Å². The molecule has 0 fully saturated rings. The molecule has 1 N–H and O–H groups in total. The van der Waals surface area contributed by atoms with Gasteiger partial charge in [0, 0.05) is 5.39 Å². The molecule has 2 aromatic heterocycles. The average Bonchev–Trinajstić information content (AvgIpc) is 2.86. The van der Waals surface area contributed by atoms with Crippen LogP contribution < -0.4 is 5.32 Å². The highest BCUT2D eigenvalue weighted by Gasteiger charge is 2.12. The Bertz CT molecular complexity index is 819. The van der Waals surface area contributed by atoms with Crippen molar-refractivity contribution < 1.29 is 9.32 Å². The maximum atomic E-state index is 12.1. The summed E-state index contributed by atoms with van der Waals surface area (Å²) in [5.74, 6) is -0.204. The molecule has 3 aromatic rings. The van der Waals surface area contributed by atoms with E-state index in [4.69, 9.17) is 16.1 Å². The number of carbonyl (C=O) groups excluding carboxylic acids is 1. The van der Waals surface area contributed by atoms with Crippen molar-refractivity contribution in [3.8, 4) is 0 Å². The van der Waals surface area contributed by atoms with E-state index in [1.54, 1.807) is 6.07 Å². The van der Waals surface area contributed by atoms with Gasteiger partial charge in [-0.2, -0.15) is 0 Å². The molecule has 0 spiro atoms. The van der Waals surface area contributed by atoms with E-state index < -0.39 is 0 Å². The van der Waals surface area contributed by atoms with Crippen molar-refractivity contribution in [2.24, 2.45) is 0 Å². The third-order valence-corrected chi connectivity index (χ3v) is 3.99. The first-order chi connectivity index (χ1) is 10.1. The largest absolute Gasteiger partial charge is 0.356 e. The number of hydrogen-bond acceptors (Lipinski definition) is 4. The van der Waals surface area contributed by atoms with Crippen LogP contribution in [-0.4, -0.2) is 16.0 Å². The van der Waals surface area contributed by atoms with Gasteiger partial charge >= 0.3 is 0 Å². The van der Waals surface area contributed by atoms with Crippen LogP contribution in [0, 0.1) is 0 Å². The number of carbonyl (C=O) groups is 1. The molecule has 3 rings (SSSR count). The van der Waals surface area contributed by atoms with Crippen LogP contribution in [-0.2, 0) is 11.2 Å². The van der Waals surface area contributed by atoms with Gasteiger partial charge in [0.25, 0.3) is 0 Å². The Kier molecular flexibility index (Phi) is 3.90. The SMILES string of the molecule is O=C(Cc1noc2ccccc12)Nc1cnc(Cl)c(Br)c1. The van der Waals surface area contributed by atoms with Crippen molar-refractivity contribution in [3.05, 3.63) is 51.8 Å². The van der Waals surface area contributed by atoms with Crippen LogP contribution in [0.15, 0.2) is 45.5 Å². The summed E-state index contributed by atoms with van der Waals surface area (Å²) in [6.45, 7) is 0. The fraction of sp³-hybridized carbons (Fsp3) is 0.0714. The summed E-state index contributed by atoms with van der Waals surface area (Å²) >= 11 is 9.06. The number of benzene rings is 1. The highest BCUT2D eigenvalue weighted by molar-refractivity contribution is 9.10. The van der Waals surface area contributed by atoms with Gasteiger partial charge in [-0.15, -0.1) is 0 Å². The molecule has 0 radical (unpaired) electrons. The highest BCUT2D eigenvalue weighted by atomic mass is 79.9. The summed E-state index contributed by atoms with van der Waals surface area (Å²) in [6.07, 6.45) is 1.61. The van der Waals surface area contributed by atoms with Crippen LogP contribution in [0.2, 0.25) is 5.15 Å². The molecule has 0 aliphatic heterocycles. The smallest absolute Gasteiger partial charge is 0.230 e. The number of para-hydroxylation sites is 1. The molecule has 106 valence electrons. The Balaban J connectivity index is 1.75. The first kappa shape index (κ1) is 14.0. The van der Waals surface area contributed by atoms with E-state index in [0.29, 0.717) is 26.6 Å². The maximum absolute atomic E-state index is 12.1. The second kappa shape index (κ2) is 5.83. The van der Waals surface area contributed by atoms with Gasteiger partial charge in [-0.25, -0.2) is 4.98 Å². The highest BCUT2D eigenvalue weighted by Crippen LogP contribution is 2.23. The van der Waals surface area contributed by atoms with Gasteiger partial charge in [0.1, 0.15) is 10.8 Å². The van der Waals surface area contributed by atoms with Gasteiger partial charge in [0.2, 0.25) is 5.91 Å². The normalized spacial score (nSPS) is 10.8. The molecule has 21 heavy (non-hydrogen) atoms. The minimum absolute atomic E-state index is 0.122. The number of nitrogens with zero attached hydrogens (tertiary/aromatic N) is 2. The van der Waals surface area contributed by atoms with Crippen molar-refractivity contribution >= 4 is 50.1 Å². The van der Waals surface area contributed by atoms with E-state index in [1.807, 2.05) is 24.3 Å². The third kappa shape index (κ3) is 3.06. The number of fused-ring (bicyclic) bond motifs is 1. The van der Waals surface area contributed by atoms with Gasteiger partial charge < -0.3 is 9.84 Å². The first-order valence-corrected chi connectivity index (χ1v) is 7.25. The predicted molar refractivity (Wildman–Crippen MR) is 83.3 cm³/mol. The molecule has 0 aliphatic carbocycles. The molecular weight excluding hydrogens is 358 g/mol. The summed E-state index contributed by atoms with van der Waals surface area (Å²) < 4.78 is 5.79. The van der Waals surface area contributed by atoms with E-state index in [1.165, 1.54) is 6.20 Å². The molecule has 7 heteroatoms. The lowest BCUT2D eigenvalue weighted by Crippen LogP contribution is -2.14. The number of hydrogen-bond donors (Lipinski definition) is 1. The number of aromatic nitrogens is 2. The van der Waals surface area contributed by atoms with E-state index in [9.17, 15) is 4.79 Å². The zero-order valence-corrected chi connectivity index (χ0v) is 13.0. The zero-order chi connectivity index (χ0) is 14.8. The summed E-state index contributed by atoms with van der Waals surface area (Å²) in [5.41, 5.74) is 1.82. The third-order valence-electron chi connectivity index (χ3n) is 2.86. The Labute approximate surface area is 133 Å². The van der Waals surface area contributed by atoms with Crippen molar-refractivity contribution in [1.82, 2.24) is 10.1 Å². The average molecular weight is 367 g/mol. The summed E-state index contributed by atoms with van der Waals surface area (Å²) in [5, 5.41) is 7.85. The minimum atomic E-state index is -0.204. The first-order valence-electron chi connectivity index (χ1n) is 6.07. The lowest BCUT2D eigenvalue weighted by Gasteiger charge is -2.04.